The van der Waals surface area contributed by atoms with E-state index in [0.717, 1.165) is 18.8 Å². The standard InChI is InChI=1S/C13H26O4/c1-12(2)6-4-3-5-7-13(15)17-11-10-16-9-8-14/h12,14H,3-11H2,1-2H3. The molecule has 4 heteroatoms. The maximum Gasteiger partial charge on any atom is 0.305 e. The zero-order valence-corrected chi connectivity index (χ0v) is 11.1. The van der Waals surface area contributed by atoms with E-state index in [9.17, 15) is 4.79 Å². The summed E-state index contributed by atoms with van der Waals surface area (Å²) >= 11 is 0. The average Bonchev–Trinajstić information content (AvgIpc) is 2.28. The van der Waals surface area contributed by atoms with Gasteiger partial charge in [-0.05, 0) is 12.3 Å². The van der Waals surface area contributed by atoms with Crippen LogP contribution in [0.3, 0.4) is 0 Å². The molecular weight excluding hydrogens is 220 g/mol. The number of rotatable bonds is 11. The highest BCUT2D eigenvalue weighted by Crippen LogP contribution is 2.09. The van der Waals surface area contributed by atoms with Gasteiger partial charge in [-0.1, -0.05) is 33.1 Å². The molecule has 0 saturated heterocycles. The van der Waals surface area contributed by atoms with E-state index < -0.39 is 0 Å². The SMILES string of the molecule is CC(C)CCCCCC(=O)OCCOCCO. The molecule has 0 fully saturated rings. The van der Waals surface area contributed by atoms with E-state index in [2.05, 4.69) is 13.8 Å². The van der Waals surface area contributed by atoms with Gasteiger partial charge in [0.2, 0.25) is 0 Å². The van der Waals surface area contributed by atoms with Crippen LogP contribution in [0.4, 0.5) is 0 Å². The van der Waals surface area contributed by atoms with Gasteiger partial charge in [-0.2, -0.15) is 0 Å². The quantitative estimate of drug-likeness (QED) is 0.448. The highest BCUT2D eigenvalue weighted by atomic mass is 16.6. The number of esters is 1. The third kappa shape index (κ3) is 13.3. The van der Waals surface area contributed by atoms with E-state index in [1.807, 2.05) is 0 Å². The van der Waals surface area contributed by atoms with Crippen LogP contribution in [0.1, 0.15) is 46.0 Å². The largest absolute Gasteiger partial charge is 0.463 e. The molecule has 0 unspecified atom stereocenters. The van der Waals surface area contributed by atoms with E-state index >= 15 is 0 Å². The van der Waals surface area contributed by atoms with Gasteiger partial charge in [0.1, 0.15) is 6.61 Å². The minimum absolute atomic E-state index is 0.00377. The van der Waals surface area contributed by atoms with Crippen molar-refractivity contribution in [1.29, 1.82) is 0 Å². The molecule has 0 rings (SSSR count). The third-order valence-electron chi connectivity index (χ3n) is 2.39. The Morgan fingerprint density at radius 1 is 1.12 bits per heavy atom. The summed E-state index contributed by atoms with van der Waals surface area (Å²) in [6, 6.07) is 0. The lowest BCUT2D eigenvalue weighted by molar-refractivity contribution is -0.145. The van der Waals surface area contributed by atoms with Crippen molar-refractivity contribution in [1.82, 2.24) is 0 Å². The number of carbonyl (C=O) groups excluding carboxylic acids is 1. The van der Waals surface area contributed by atoms with E-state index in [4.69, 9.17) is 14.6 Å². The van der Waals surface area contributed by atoms with Crippen LogP contribution in [0.2, 0.25) is 0 Å². The van der Waals surface area contributed by atoms with Crippen LogP contribution in [0.15, 0.2) is 0 Å². The van der Waals surface area contributed by atoms with Crippen molar-refractivity contribution in [2.24, 2.45) is 5.92 Å². The van der Waals surface area contributed by atoms with Gasteiger partial charge in [-0.3, -0.25) is 4.79 Å². The molecule has 0 aromatic carbocycles. The minimum Gasteiger partial charge on any atom is -0.463 e. The Morgan fingerprint density at radius 3 is 2.53 bits per heavy atom. The van der Waals surface area contributed by atoms with Gasteiger partial charge in [-0.15, -0.1) is 0 Å². The van der Waals surface area contributed by atoms with Crippen LogP contribution < -0.4 is 0 Å². The van der Waals surface area contributed by atoms with Crippen molar-refractivity contribution in [2.45, 2.75) is 46.0 Å². The molecule has 0 aliphatic heterocycles. The van der Waals surface area contributed by atoms with Gasteiger partial charge in [0.15, 0.2) is 0 Å². The maximum absolute atomic E-state index is 11.2. The number of ether oxygens (including phenoxy) is 2. The Kier molecular flexibility index (Phi) is 11.4. The van der Waals surface area contributed by atoms with Crippen molar-refractivity contribution in [3.63, 3.8) is 0 Å². The highest BCUT2D eigenvalue weighted by Gasteiger charge is 2.02. The monoisotopic (exact) mass is 246 g/mol. The lowest BCUT2D eigenvalue weighted by atomic mass is 10.0. The first-order chi connectivity index (χ1) is 8.16. The fourth-order valence-electron chi connectivity index (χ4n) is 1.45. The van der Waals surface area contributed by atoms with Crippen molar-refractivity contribution < 1.29 is 19.4 Å². The zero-order valence-electron chi connectivity index (χ0n) is 11.1. The Labute approximate surface area is 104 Å². The third-order valence-corrected chi connectivity index (χ3v) is 2.39. The Bertz CT molecular complexity index is 180. The average molecular weight is 246 g/mol. The summed E-state index contributed by atoms with van der Waals surface area (Å²) in [6.07, 6.45) is 4.91. The highest BCUT2D eigenvalue weighted by molar-refractivity contribution is 5.69. The van der Waals surface area contributed by atoms with Crippen molar-refractivity contribution in [3.05, 3.63) is 0 Å². The van der Waals surface area contributed by atoms with Gasteiger partial charge in [-0.25, -0.2) is 0 Å². The van der Waals surface area contributed by atoms with E-state index in [1.165, 1.54) is 12.8 Å². The summed E-state index contributed by atoms with van der Waals surface area (Å²) in [5.74, 6) is 0.591. The van der Waals surface area contributed by atoms with Crippen LogP contribution in [-0.4, -0.2) is 37.5 Å². The summed E-state index contributed by atoms with van der Waals surface area (Å²) in [7, 11) is 0. The second-order valence-corrected chi connectivity index (χ2v) is 4.55. The normalized spacial score (nSPS) is 10.8. The van der Waals surface area contributed by atoms with Crippen LogP contribution in [-0.2, 0) is 14.3 Å². The van der Waals surface area contributed by atoms with Crippen LogP contribution in [0, 0.1) is 5.92 Å². The van der Waals surface area contributed by atoms with Crippen molar-refractivity contribution in [3.8, 4) is 0 Å². The summed E-state index contributed by atoms with van der Waals surface area (Å²) in [5.41, 5.74) is 0. The second-order valence-electron chi connectivity index (χ2n) is 4.55. The molecule has 102 valence electrons. The van der Waals surface area contributed by atoms with Crippen LogP contribution >= 0.6 is 0 Å². The maximum atomic E-state index is 11.2. The van der Waals surface area contributed by atoms with Gasteiger partial charge in [0.05, 0.1) is 19.8 Å². The number of unbranched alkanes of at least 4 members (excludes halogenated alkanes) is 2. The molecule has 0 aromatic heterocycles. The zero-order chi connectivity index (χ0) is 12.9. The predicted octanol–water partition coefficient (Wildman–Crippen LogP) is 2.15. The first-order valence-electron chi connectivity index (χ1n) is 6.51. The molecule has 0 saturated carbocycles. The van der Waals surface area contributed by atoms with Crippen LogP contribution in [0.5, 0.6) is 0 Å². The lowest BCUT2D eigenvalue weighted by Gasteiger charge is -2.06. The number of carbonyl (C=O) groups is 1. The van der Waals surface area contributed by atoms with Gasteiger partial charge in [0.25, 0.3) is 0 Å². The molecule has 0 amide bonds. The fraction of sp³-hybridized carbons (Fsp3) is 0.923. The lowest BCUT2D eigenvalue weighted by Crippen LogP contribution is -2.11. The van der Waals surface area contributed by atoms with E-state index in [-0.39, 0.29) is 19.2 Å². The van der Waals surface area contributed by atoms with Crippen molar-refractivity contribution >= 4 is 5.97 Å². The van der Waals surface area contributed by atoms with E-state index in [0.29, 0.717) is 19.6 Å². The Hall–Kier alpha value is -0.610. The summed E-state index contributed by atoms with van der Waals surface area (Å²) < 4.78 is 9.95. The summed E-state index contributed by atoms with van der Waals surface area (Å²) in [5, 5.41) is 8.45. The first-order valence-corrected chi connectivity index (χ1v) is 6.51. The number of aliphatic hydroxyl groups excluding tert-OH is 1. The molecule has 17 heavy (non-hydrogen) atoms. The molecule has 4 nitrogen and oxygen atoms in total. The smallest absolute Gasteiger partial charge is 0.305 e. The van der Waals surface area contributed by atoms with Gasteiger partial charge in [0, 0.05) is 6.42 Å². The number of hydrogen-bond acceptors (Lipinski definition) is 4. The molecule has 0 aliphatic rings. The second kappa shape index (κ2) is 11.9. The number of hydrogen-bond donors (Lipinski definition) is 1. The van der Waals surface area contributed by atoms with Gasteiger partial charge >= 0.3 is 5.97 Å². The van der Waals surface area contributed by atoms with E-state index in [1.54, 1.807) is 0 Å². The number of aliphatic hydroxyl groups is 1. The molecule has 0 radical (unpaired) electrons. The molecule has 1 N–H and O–H groups in total. The van der Waals surface area contributed by atoms with Crippen LogP contribution in [0.25, 0.3) is 0 Å². The first kappa shape index (κ1) is 16.4. The Balaban J connectivity index is 3.18. The Morgan fingerprint density at radius 2 is 1.88 bits per heavy atom. The summed E-state index contributed by atoms with van der Waals surface area (Å²) in [4.78, 5) is 11.2. The topological polar surface area (TPSA) is 55.8 Å². The van der Waals surface area contributed by atoms with Crippen molar-refractivity contribution in [2.75, 3.05) is 26.4 Å². The molecule has 0 spiro atoms. The molecule has 0 heterocycles. The predicted molar refractivity (Wildman–Crippen MR) is 66.8 cm³/mol. The summed E-state index contributed by atoms with van der Waals surface area (Å²) in [6.45, 7) is 5.36. The minimum atomic E-state index is -0.151. The molecule has 0 atom stereocenters. The molecule has 0 aliphatic carbocycles. The molecule has 0 bridgehead atoms. The fourth-order valence-corrected chi connectivity index (χ4v) is 1.45. The molecule has 0 aromatic rings. The van der Waals surface area contributed by atoms with Gasteiger partial charge < -0.3 is 14.6 Å². The molecular formula is C13H26O4.